The highest BCUT2D eigenvalue weighted by Gasteiger charge is 2.14. The minimum Gasteiger partial charge on any atom is -0.422 e. The van der Waals surface area contributed by atoms with Gasteiger partial charge in [0, 0.05) is 19.2 Å². The SMILES string of the molecule is NCCc1nc2c(NCc3ncccc3F)nc(Cl)nc2o1. The summed E-state index contributed by atoms with van der Waals surface area (Å²) < 4.78 is 19.0. The molecule has 0 saturated carbocycles. The Morgan fingerprint density at radius 2 is 2.18 bits per heavy atom. The third kappa shape index (κ3) is 2.97. The van der Waals surface area contributed by atoms with Gasteiger partial charge in [-0.05, 0) is 23.7 Å². The molecule has 0 aliphatic heterocycles. The largest absolute Gasteiger partial charge is 0.422 e. The predicted octanol–water partition coefficient (Wildman–Crippen LogP) is 1.92. The number of fused-ring (bicyclic) bond motifs is 1. The van der Waals surface area contributed by atoms with E-state index in [-0.39, 0.29) is 23.2 Å². The van der Waals surface area contributed by atoms with Crippen molar-refractivity contribution >= 4 is 28.6 Å². The molecule has 0 atom stereocenters. The number of oxazole rings is 1. The van der Waals surface area contributed by atoms with Crippen molar-refractivity contribution in [1.29, 1.82) is 0 Å². The molecule has 0 fully saturated rings. The zero-order valence-corrected chi connectivity index (χ0v) is 12.1. The Bertz CT molecular complexity index is 808. The van der Waals surface area contributed by atoms with Crippen LogP contribution in [0.3, 0.4) is 0 Å². The van der Waals surface area contributed by atoms with Crippen LogP contribution in [0.1, 0.15) is 11.6 Å². The molecule has 0 aliphatic rings. The van der Waals surface area contributed by atoms with Crippen molar-refractivity contribution in [3.05, 3.63) is 41.0 Å². The number of pyridine rings is 1. The van der Waals surface area contributed by atoms with Gasteiger partial charge < -0.3 is 15.5 Å². The van der Waals surface area contributed by atoms with Crippen molar-refractivity contribution in [2.24, 2.45) is 5.73 Å². The van der Waals surface area contributed by atoms with E-state index in [1.54, 1.807) is 0 Å². The van der Waals surface area contributed by atoms with E-state index in [4.69, 9.17) is 21.8 Å². The maximum Gasteiger partial charge on any atom is 0.253 e. The average molecular weight is 323 g/mol. The second-order valence-corrected chi connectivity index (χ2v) is 4.76. The van der Waals surface area contributed by atoms with Crippen molar-refractivity contribution in [1.82, 2.24) is 19.9 Å². The summed E-state index contributed by atoms with van der Waals surface area (Å²) in [7, 11) is 0. The second-order valence-electron chi connectivity index (χ2n) is 4.43. The van der Waals surface area contributed by atoms with E-state index >= 15 is 0 Å². The van der Waals surface area contributed by atoms with Crippen LogP contribution in [-0.2, 0) is 13.0 Å². The third-order valence-corrected chi connectivity index (χ3v) is 3.06. The number of hydrogen-bond acceptors (Lipinski definition) is 7. The van der Waals surface area contributed by atoms with Gasteiger partial charge >= 0.3 is 0 Å². The molecule has 0 saturated heterocycles. The van der Waals surface area contributed by atoms with Gasteiger partial charge in [0.1, 0.15) is 5.82 Å². The lowest BCUT2D eigenvalue weighted by molar-refractivity contribution is 0.523. The Balaban J connectivity index is 1.90. The molecule has 3 N–H and O–H groups in total. The highest BCUT2D eigenvalue weighted by Crippen LogP contribution is 2.23. The van der Waals surface area contributed by atoms with Gasteiger partial charge in [0.25, 0.3) is 5.71 Å². The zero-order valence-electron chi connectivity index (χ0n) is 11.4. The van der Waals surface area contributed by atoms with Crippen LogP contribution in [0.5, 0.6) is 0 Å². The maximum absolute atomic E-state index is 13.6. The molecule has 0 aromatic carbocycles. The summed E-state index contributed by atoms with van der Waals surface area (Å²) in [6.07, 6.45) is 1.99. The minimum atomic E-state index is -0.407. The molecule has 9 heteroatoms. The van der Waals surface area contributed by atoms with E-state index in [0.717, 1.165) is 0 Å². The van der Waals surface area contributed by atoms with E-state index in [1.807, 2.05) is 0 Å². The van der Waals surface area contributed by atoms with E-state index in [2.05, 4.69) is 25.3 Å². The summed E-state index contributed by atoms with van der Waals surface area (Å²) in [5, 5.41) is 2.96. The first kappa shape index (κ1) is 14.6. The van der Waals surface area contributed by atoms with Crippen LogP contribution in [-0.4, -0.2) is 26.5 Å². The topological polar surface area (TPSA) is 103 Å². The number of halogens is 2. The molecule has 114 valence electrons. The van der Waals surface area contributed by atoms with E-state index in [1.165, 1.54) is 18.3 Å². The van der Waals surface area contributed by atoms with Crippen molar-refractivity contribution in [3.63, 3.8) is 0 Å². The van der Waals surface area contributed by atoms with E-state index in [9.17, 15) is 4.39 Å². The lowest BCUT2D eigenvalue weighted by Crippen LogP contribution is -2.06. The van der Waals surface area contributed by atoms with Crippen LogP contribution >= 0.6 is 11.6 Å². The summed E-state index contributed by atoms with van der Waals surface area (Å²) in [6, 6.07) is 2.86. The summed E-state index contributed by atoms with van der Waals surface area (Å²) >= 11 is 5.86. The fraction of sp³-hybridized carbons (Fsp3) is 0.231. The van der Waals surface area contributed by atoms with Crippen LogP contribution in [0.15, 0.2) is 22.7 Å². The third-order valence-electron chi connectivity index (χ3n) is 2.89. The molecule has 3 rings (SSSR count). The molecule has 3 aromatic heterocycles. The predicted molar refractivity (Wildman–Crippen MR) is 78.9 cm³/mol. The van der Waals surface area contributed by atoms with Gasteiger partial charge in [-0.1, -0.05) is 0 Å². The number of nitrogens with zero attached hydrogens (tertiary/aromatic N) is 4. The van der Waals surface area contributed by atoms with Crippen LogP contribution in [0.25, 0.3) is 11.2 Å². The second kappa shape index (κ2) is 6.20. The standard InChI is InChI=1S/C13H12ClFN6O/c14-13-20-11(18-6-8-7(15)2-1-5-17-8)10-12(21-13)22-9(19-10)3-4-16/h1-2,5H,3-4,6,16H2,(H,18,20,21). The Hall–Kier alpha value is -2.32. The van der Waals surface area contributed by atoms with Gasteiger partial charge in [0.05, 0.1) is 12.2 Å². The molecule has 3 heterocycles. The fourth-order valence-corrected chi connectivity index (χ4v) is 2.07. The van der Waals surface area contributed by atoms with Crippen molar-refractivity contribution in [3.8, 4) is 0 Å². The highest BCUT2D eigenvalue weighted by atomic mass is 35.5. The molecular weight excluding hydrogens is 311 g/mol. The maximum atomic E-state index is 13.6. The molecule has 3 aromatic rings. The van der Waals surface area contributed by atoms with Crippen LogP contribution in [0.2, 0.25) is 5.28 Å². The Morgan fingerprint density at radius 3 is 2.95 bits per heavy atom. The highest BCUT2D eigenvalue weighted by molar-refractivity contribution is 6.28. The normalized spacial score (nSPS) is 11.0. The van der Waals surface area contributed by atoms with Gasteiger partial charge in [0.2, 0.25) is 5.28 Å². The summed E-state index contributed by atoms with van der Waals surface area (Å²) in [5.74, 6) is 0.392. The number of rotatable bonds is 5. The first-order chi connectivity index (χ1) is 10.7. The fourth-order valence-electron chi connectivity index (χ4n) is 1.91. The van der Waals surface area contributed by atoms with Crippen LogP contribution in [0, 0.1) is 5.82 Å². The summed E-state index contributed by atoms with van der Waals surface area (Å²) in [5.41, 5.74) is 6.41. The number of hydrogen-bond donors (Lipinski definition) is 2. The van der Waals surface area contributed by atoms with Gasteiger partial charge in [-0.3, -0.25) is 4.98 Å². The zero-order chi connectivity index (χ0) is 15.5. The smallest absolute Gasteiger partial charge is 0.253 e. The van der Waals surface area contributed by atoms with Crippen molar-refractivity contribution < 1.29 is 8.81 Å². The molecule has 0 aliphatic carbocycles. The van der Waals surface area contributed by atoms with Gasteiger partial charge in [-0.15, -0.1) is 0 Å². The molecule has 0 unspecified atom stereocenters. The monoisotopic (exact) mass is 322 g/mol. The van der Waals surface area contributed by atoms with Crippen LogP contribution in [0.4, 0.5) is 10.2 Å². The minimum absolute atomic E-state index is 0.00643. The van der Waals surface area contributed by atoms with E-state index in [0.29, 0.717) is 30.2 Å². The number of aromatic nitrogens is 4. The molecule has 0 amide bonds. The molecule has 0 spiro atoms. The number of nitrogens with two attached hydrogens (primary N) is 1. The molecule has 7 nitrogen and oxygen atoms in total. The number of nitrogens with one attached hydrogen (secondary N) is 1. The average Bonchev–Trinajstić information content (AvgIpc) is 2.89. The van der Waals surface area contributed by atoms with Gasteiger partial charge in [-0.2, -0.15) is 9.97 Å². The van der Waals surface area contributed by atoms with Crippen molar-refractivity contribution in [2.75, 3.05) is 11.9 Å². The summed E-state index contributed by atoms with van der Waals surface area (Å²) in [6.45, 7) is 0.532. The van der Waals surface area contributed by atoms with E-state index < -0.39 is 5.82 Å². The first-order valence-corrected chi connectivity index (χ1v) is 6.91. The summed E-state index contributed by atoms with van der Waals surface area (Å²) in [4.78, 5) is 16.3. The molecule has 0 radical (unpaired) electrons. The van der Waals surface area contributed by atoms with Crippen LogP contribution < -0.4 is 11.1 Å². The van der Waals surface area contributed by atoms with Crippen molar-refractivity contribution in [2.45, 2.75) is 13.0 Å². The molecule has 22 heavy (non-hydrogen) atoms. The molecular formula is C13H12ClFN6O. The van der Waals surface area contributed by atoms with Gasteiger partial charge in [-0.25, -0.2) is 9.37 Å². The molecule has 0 bridgehead atoms. The quantitative estimate of drug-likeness (QED) is 0.692. The lowest BCUT2D eigenvalue weighted by Gasteiger charge is -2.05. The Kier molecular flexibility index (Phi) is 4.12. The van der Waals surface area contributed by atoms with Gasteiger partial charge in [0.15, 0.2) is 17.2 Å². The Morgan fingerprint density at radius 1 is 1.32 bits per heavy atom. The number of anilines is 1. The Labute approximate surface area is 129 Å². The first-order valence-electron chi connectivity index (χ1n) is 6.53. The lowest BCUT2D eigenvalue weighted by atomic mass is 10.3.